The fraction of sp³-hybridized carbons (Fsp3) is 0.133. The predicted octanol–water partition coefficient (Wildman–Crippen LogP) is 2.01. The molecule has 1 aromatic carbocycles. The van der Waals surface area contributed by atoms with Gasteiger partial charge in [-0.2, -0.15) is 9.97 Å². The molecule has 0 aliphatic carbocycles. The number of hydrogen-bond donors (Lipinski definition) is 2. The van der Waals surface area contributed by atoms with E-state index in [1.165, 1.54) is 29.2 Å². The van der Waals surface area contributed by atoms with Crippen LogP contribution in [0.2, 0.25) is 0 Å². The Morgan fingerprint density at radius 3 is 2.57 bits per heavy atom. The minimum Gasteiger partial charge on any atom is -0.503 e. The molecule has 0 aliphatic heterocycles. The van der Waals surface area contributed by atoms with Crippen molar-refractivity contribution in [3.05, 3.63) is 48.2 Å². The first-order valence-electron chi connectivity index (χ1n) is 6.68. The van der Waals surface area contributed by atoms with Gasteiger partial charge < -0.3 is 19.5 Å². The van der Waals surface area contributed by atoms with Crippen molar-refractivity contribution in [1.29, 1.82) is 0 Å². The lowest BCUT2D eigenvalue weighted by molar-refractivity contribution is 0.280. The summed E-state index contributed by atoms with van der Waals surface area (Å²) in [5.41, 5.74) is 1.02. The lowest BCUT2D eigenvalue weighted by Gasteiger charge is -2.05. The van der Waals surface area contributed by atoms with Crippen molar-refractivity contribution in [2.75, 3.05) is 0 Å². The molecule has 2 aromatic heterocycles. The molecule has 0 radical (unpaired) electrons. The van der Waals surface area contributed by atoms with E-state index in [4.69, 9.17) is 4.74 Å². The summed E-state index contributed by atoms with van der Waals surface area (Å²) >= 11 is 0. The number of aryl methyl sites for hydroxylation is 1. The van der Waals surface area contributed by atoms with Crippen LogP contribution in [0, 0.1) is 5.82 Å². The molecule has 3 aromatic rings. The van der Waals surface area contributed by atoms with E-state index in [9.17, 15) is 14.6 Å². The van der Waals surface area contributed by atoms with Crippen LogP contribution >= 0.6 is 0 Å². The van der Waals surface area contributed by atoms with Crippen LogP contribution in [0.5, 0.6) is 17.6 Å². The summed E-state index contributed by atoms with van der Waals surface area (Å²) < 4.78 is 19.6. The van der Waals surface area contributed by atoms with Gasteiger partial charge in [0.05, 0.1) is 5.56 Å². The van der Waals surface area contributed by atoms with E-state index in [-0.39, 0.29) is 41.5 Å². The molecule has 0 saturated carbocycles. The third-order valence-electron chi connectivity index (χ3n) is 3.20. The van der Waals surface area contributed by atoms with Gasteiger partial charge in [0.1, 0.15) is 18.8 Å². The van der Waals surface area contributed by atoms with Crippen LogP contribution in [-0.4, -0.2) is 29.7 Å². The van der Waals surface area contributed by atoms with Crippen molar-refractivity contribution < 1.29 is 19.3 Å². The summed E-state index contributed by atoms with van der Waals surface area (Å²) in [6.45, 7) is 0.162. The van der Waals surface area contributed by atoms with E-state index in [0.717, 1.165) is 5.56 Å². The fourth-order valence-electron chi connectivity index (χ4n) is 1.98. The molecule has 0 fully saturated rings. The molecule has 118 valence electrons. The van der Waals surface area contributed by atoms with Crippen LogP contribution < -0.4 is 4.74 Å². The molecule has 7 nitrogen and oxygen atoms in total. The zero-order chi connectivity index (χ0) is 16.4. The average molecular weight is 316 g/mol. The van der Waals surface area contributed by atoms with Gasteiger partial charge in [-0.05, 0) is 17.7 Å². The summed E-state index contributed by atoms with van der Waals surface area (Å²) in [5.74, 6) is -0.754. The Hall–Kier alpha value is -3.16. The van der Waals surface area contributed by atoms with Gasteiger partial charge in [-0.1, -0.05) is 12.1 Å². The van der Waals surface area contributed by atoms with Gasteiger partial charge in [-0.15, -0.1) is 0 Å². The quantitative estimate of drug-likeness (QED) is 0.765. The number of aromatic nitrogens is 4. The summed E-state index contributed by atoms with van der Waals surface area (Å²) in [6, 6.07) is 5.92. The van der Waals surface area contributed by atoms with Gasteiger partial charge in [0.25, 0.3) is 0 Å². The molecule has 0 amide bonds. The highest BCUT2D eigenvalue weighted by molar-refractivity contribution is 5.67. The second-order valence-corrected chi connectivity index (χ2v) is 4.83. The smallest absolute Gasteiger partial charge is 0.320 e. The fourth-order valence-corrected chi connectivity index (χ4v) is 1.98. The summed E-state index contributed by atoms with van der Waals surface area (Å²) in [7, 11) is 1.58. The van der Waals surface area contributed by atoms with Crippen LogP contribution in [0.15, 0.2) is 36.8 Å². The Kier molecular flexibility index (Phi) is 3.80. The minimum absolute atomic E-state index is 0.0575. The number of benzene rings is 1. The minimum atomic E-state index is -0.324. The van der Waals surface area contributed by atoms with Crippen molar-refractivity contribution in [2.45, 2.75) is 6.61 Å². The van der Waals surface area contributed by atoms with Crippen molar-refractivity contribution in [3.8, 4) is 29.0 Å². The third-order valence-corrected chi connectivity index (χ3v) is 3.20. The summed E-state index contributed by atoms with van der Waals surface area (Å²) in [6.07, 6.45) is 2.73. The molecule has 0 atom stereocenters. The highest BCUT2D eigenvalue weighted by Gasteiger charge is 2.17. The second kappa shape index (κ2) is 5.91. The standard InChI is InChI=1S/C15H13FN4O3/c1-20-6-11(12(21)14(20)22)13-17-8-18-15(19-13)23-7-9-2-4-10(16)5-3-9/h2-6,8,21-22H,7H2,1H3. The molecule has 2 N–H and O–H groups in total. The largest absolute Gasteiger partial charge is 0.503 e. The Morgan fingerprint density at radius 2 is 1.91 bits per heavy atom. The Morgan fingerprint density at radius 1 is 1.17 bits per heavy atom. The molecule has 0 saturated heterocycles. The first-order chi connectivity index (χ1) is 11.0. The van der Waals surface area contributed by atoms with E-state index < -0.39 is 0 Å². The molecular formula is C15H13FN4O3. The van der Waals surface area contributed by atoms with Gasteiger partial charge in [0, 0.05) is 13.2 Å². The maximum Gasteiger partial charge on any atom is 0.320 e. The number of ether oxygens (including phenoxy) is 1. The maximum atomic E-state index is 12.8. The van der Waals surface area contributed by atoms with Crippen molar-refractivity contribution in [3.63, 3.8) is 0 Å². The summed E-state index contributed by atoms with van der Waals surface area (Å²) in [4.78, 5) is 11.9. The van der Waals surface area contributed by atoms with Gasteiger partial charge in [0.15, 0.2) is 11.6 Å². The molecule has 0 unspecified atom stereocenters. The average Bonchev–Trinajstić information content (AvgIpc) is 2.82. The zero-order valence-electron chi connectivity index (χ0n) is 12.1. The number of aromatic hydroxyl groups is 2. The van der Waals surface area contributed by atoms with Crippen LogP contribution in [0.25, 0.3) is 11.4 Å². The Balaban J connectivity index is 1.79. The Labute approximate surface area is 130 Å². The van der Waals surface area contributed by atoms with Crippen LogP contribution in [-0.2, 0) is 13.7 Å². The van der Waals surface area contributed by atoms with Gasteiger partial charge >= 0.3 is 6.01 Å². The first kappa shape index (κ1) is 14.8. The van der Waals surface area contributed by atoms with Crippen LogP contribution in [0.4, 0.5) is 4.39 Å². The van der Waals surface area contributed by atoms with Crippen molar-refractivity contribution in [2.24, 2.45) is 7.05 Å². The molecule has 3 rings (SSSR count). The second-order valence-electron chi connectivity index (χ2n) is 4.83. The molecule has 8 heteroatoms. The molecule has 0 bridgehead atoms. The van der Waals surface area contributed by atoms with E-state index in [2.05, 4.69) is 15.0 Å². The summed E-state index contributed by atoms with van der Waals surface area (Å²) in [5, 5.41) is 19.5. The van der Waals surface area contributed by atoms with Crippen molar-refractivity contribution in [1.82, 2.24) is 19.5 Å². The van der Waals surface area contributed by atoms with Gasteiger partial charge in [-0.25, -0.2) is 9.37 Å². The lowest BCUT2D eigenvalue weighted by Crippen LogP contribution is -2.01. The van der Waals surface area contributed by atoms with Crippen LogP contribution in [0.3, 0.4) is 0 Å². The predicted molar refractivity (Wildman–Crippen MR) is 78.3 cm³/mol. The van der Waals surface area contributed by atoms with E-state index in [0.29, 0.717) is 0 Å². The molecule has 0 spiro atoms. The number of nitrogens with zero attached hydrogens (tertiary/aromatic N) is 4. The van der Waals surface area contributed by atoms with Crippen LogP contribution in [0.1, 0.15) is 5.56 Å². The molecule has 0 aliphatic rings. The number of halogens is 1. The maximum absolute atomic E-state index is 12.8. The zero-order valence-corrected chi connectivity index (χ0v) is 12.1. The molecule has 23 heavy (non-hydrogen) atoms. The highest BCUT2D eigenvalue weighted by atomic mass is 19.1. The van der Waals surface area contributed by atoms with Crippen molar-refractivity contribution >= 4 is 0 Å². The topological polar surface area (TPSA) is 93.3 Å². The Bertz CT molecular complexity index is 833. The SMILES string of the molecule is Cn1cc(-c2ncnc(OCc3ccc(F)cc3)n2)c(O)c1O. The normalized spacial score (nSPS) is 10.7. The van der Waals surface area contributed by atoms with Gasteiger partial charge in [-0.3, -0.25) is 0 Å². The lowest BCUT2D eigenvalue weighted by atomic mass is 10.2. The van der Waals surface area contributed by atoms with E-state index >= 15 is 0 Å². The highest BCUT2D eigenvalue weighted by Crippen LogP contribution is 2.36. The monoisotopic (exact) mass is 316 g/mol. The molecular weight excluding hydrogens is 303 g/mol. The third kappa shape index (κ3) is 3.05. The van der Waals surface area contributed by atoms with Gasteiger partial charge in [0.2, 0.25) is 5.88 Å². The van der Waals surface area contributed by atoms with E-state index in [1.54, 1.807) is 19.2 Å². The van der Waals surface area contributed by atoms with E-state index in [1.807, 2.05) is 0 Å². The number of rotatable bonds is 4. The number of hydrogen-bond acceptors (Lipinski definition) is 6. The molecule has 2 heterocycles. The first-order valence-corrected chi connectivity index (χ1v) is 6.68.